The quantitative estimate of drug-likeness (QED) is 0.866. The number of carbonyl (C=O) groups excluding carboxylic acids is 2. The third-order valence-electron chi connectivity index (χ3n) is 3.29. The van der Waals surface area contributed by atoms with E-state index in [-0.39, 0.29) is 19.1 Å². The highest BCUT2D eigenvalue weighted by molar-refractivity contribution is 6.30. The molecule has 21 heavy (non-hydrogen) atoms. The third-order valence-corrected chi connectivity index (χ3v) is 3.54. The Hall–Kier alpha value is -2.01. The van der Waals surface area contributed by atoms with Crippen LogP contribution in [0.25, 0.3) is 0 Å². The van der Waals surface area contributed by atoms with E-state index < -0.39 is 5.97 Å². The molecular formula is C15H17ClN2O3. The van der Waals surface area contributed by atoms with Crippen LogP contribution in [0.15, 0.2) is 35.5 Å². The molecule has 1 aromatic carbocycles. The average molecular weight is 309 g/mol. The van der Waals surface area contributed by atoms with Gasteiger partial charge in [0.1, 0.15) is 0 Å². The van der Waals surface area contributed by atoms with E-state index in [0.29, 0.717) is 34.8 Å². The van der Waals surface area contributed by atoms with Crippen molar-refractivity contribution in [2.75, 3.05) is 19.7 Å². The molecule has 0 unspecified atom stereocenters. The van der Waals surface area contributed by atoms with Crippen LogP contribution in [0, 0.1) is 0 Å². The molecule has 1 heterocycles. The maximum absolute atomic E-state index is 12.4. The largest absolute Gasteiger partial charge is 0.463 e. The molecule has 0 aliphatic carbocycles. The molecule has 5 nitrogen and oxygen atoms in total. The fourth-order valence-corrected chi connectivity index (χ4v) is 2.27. The molecule has 0 bridgehead atoms. The number of esters is 1. The van der Waals surface area contributed by atoms with Crippen LogP contribution in [0.5, 0.6) is 0 Å². The highest BCUT2D eigenvalue weighted by Gasteiger charge is 2.27. The lowest BCUT2D eigenvalue weighted by Gasteiger charge is -2.28. The van der Waals surface area contributed by atoms with E-state index in [1.807, 2.05) is 0 Å². The summed E-state index contributed by atoms with van der Waals surface area (Å²) in [5.41, 5.74) is 7.25. The normalized spacial score (nSPS) is 15.0. The van der Waals surface area contributed by atoms with Gasteiger partial charge in [0.15, 0.2) is 0 Å². The summed E-state index contributed by atoms with van der Waals surface area (Å²) in [6, 6.07) is 6.65. The second-order valence-electron chi connectivity index (χ2n) is 4.71. The minimum absolute atomic E-state index is 0.152. The first kappa shape index (κ1) is 15.4. The van der Waals surface area contributed by atoms with Crippen LogP contribution >= 0.6 is 11.6 Å². The van der Waals surface area contributed by atoms with E-state index in [4.69, 9.17) is 22.1 Å². The van der Waals surface area contributed by atoms with Crippen molar-refractivity contribution >= 4 is 23.5 Å². The Morgan fingerprint density at radius 3 is 2.62 bits per heavy atom. The molecule has 112 valence electrons. The van der Waals surface area contributed by atoms with Gasteiger partial charge < -0.3 is 15.4 Å². The first-order valence-corrected chi connectivity index (χ1v) is 7.10. The Labute approximate surface area is 128 Å². The van der Waals surface area contributed by atoms with Crippen LogP contribution in [0.2, 0.25) is 5.02 Å². The van der Waals surface area contributed by atoms with Crippen LogP contribution in [0.4, 0.5) is 0 Å². The number of halogens is 1. The first-order chi connectivity index (χ1) is 10.0. The van der Waals surface area contributed by atoms with Gasteiger partial charge in [-0.3, -0.25) is 4.79 Å². The van der Waals surface area contributed by atoms with E-state index in [1.165, 1.54) is 0 Å². The van der Waals surface area contributed by atoms with Gasteiger partial charge in [0.25, 0.3) is 5.91 Å². The molecule has 0 aromatic heterocycles. The molecule has 2 rings (SSSR count). The average Bonchev–Trinajstić information content (AvgIpc) is 2.48. The molecule has 0 saturated carbocycles. The molecule has 1 aliphatic rings. The van der Waals surface area contributed by atoms with Crippen molar-refractivity contribution in [1.82, 2.24) is 4.90 Å². The predicted molar refractivity (Wildman–Crippen MR) is 79.8 cm³/mol. The third kappa shape index (κ3) is 3.55. The van der Waals surface area contributed by atoms with E-state index in [1.54, 1.807) is 36.1 Å². The van der Waals surface area contributed by atoms with Gasteiger partial charge in [-0.15, -0.1) is 0 Å². The van der Waals surface area contributed by atoms with Gasteiger partial charge in [0.05, 0.1) is 18.7 Å². The van der Waals surface area contributed by atoms with Crippen LogP contribution in [-0.2, 0) is 9.53 Å². The predicted octanol–water partition coefficient (Wildman–Crippen LogP) is 1.96. The van der Waals surface area contributed by atoms with Gasteiger partial charge in [-0.05, 0) is 31.2 Å². The summed E-state index contributed by atoms with van der Waals surface area (Å²) in [5.74, 6) is -0.607. The number of amides is 1. The van der Waals surface area contributed by atoms with Gasteiger partial charge in [-0.25, -0.2) is 4.79 Å². The van der Waals surface area contributed by atoms with Crippen LogP contribution < -0.4 is 5.73 Å². The minimum atomic E-state index is -0.455. The highest BCUT2D eigenvalue weighted by Crippen LogP contribution is 2.19. The van der Waals surface area contributed by atoms with Crippen molar-refractivity contribution in [3.05, 3.63) is 46.1 Å². The second kappa shape index (κ2) is 6.63. The standard InChI is InChI=1S/C15H17ClN2O3/c1-2-21-15(20)12-9-18(8-7-13(12)17)14(19)10-3-5-11(16)6-4-10/h3-6H,2,7-9,17H2,1H3. The highest BCUT2D eigenvalue weighted by atomic mass is 35.5. The number of hydrogen-bond acceptors (Lipinski definition) is 4. The molecule has 0 atom stereocenters. The van der Waals surface area contributed by atoms with E-state index >= 15 is 0 Å². The maximum Gasteiger partial charge on any atom is 0.337 e. The van der Waals surface area contributed by atoms with E-state index in [0.717, 1.165) is 0 Å². The van der Waals surface area contributed by atoms with Gasteiger partial charge in [-0.2, -0.15) is 0 Å². The Morgan fingerprint density at radius 2 is 2.00 bits per heavy atom. The second-order valence-corrected chi connectivity index (χ2v) is 5.14. The number of ether oxygens (including phenoxy) is 1. The zero-order chi connectivity index (χ0) is 15.4. The topological polar surface area (TPSA) is 72.6 Å². The fourth-order valence-electron chi connectivity index (χ4n) is 2.14. The number of benzene rings is 1. The van der Waals surface area contributed by atoms with E-state index in [9.17, 15) is 9.59 Å². The molecule has 1 amide bonds. The maximum atomic E-state index is 12.4. The lowest BCUT2D eigenvalue weighted by atomic mass is 10.1. The number of rotatable bonds is 3. The molecule has 0 radical (unpaired) electrons. The number of nitrogens with two attached hydrogens (primary N) is 1. The molecule has 6 heteroatoms. The molecular weight excluding hydrogens is 292 g/mol. The van der Waals surface area contributed by atoms with Gasteiger partial charge in [0, 0.05) is 29.2 Å². The minimum Gasteiger partial charge on any atom is -0.463 e. The number of nitrogens with zero attached hydrogens (tertiary/aromatic N) is 1. The summed E-state index contributed by atoms with van der Waals surface area (Å²) >= 11 is 5.81. The molecule has 1 aromatic rings. The van der Waals surface area contributed by atoms with Crippen molar-refractivity contribution in [2.45, 2.75) is 13.3 Å². The van der Waals surface area contributed by atoms with Crippen LogP contribution in [-0.4, -0.2) is 36.5 Å². The zero-order valence-electron chi connectivity index (χ0n) is 11.8. The molecule has 0 fully saturated rings. The van der Waals surface area contributed by atoms with Crippen molar-refractivity contribution in [2.24, 2.45) is 5.73 Å². The van der Waals surface area contributed by atoms with Gasteiger partial charge in [0.2, 0.25) is 0 Å². The van der Waals surface area contributed by atoms with Crippen molar-refractivity contribution in [3.8, 4) is 0 Å². The fraction of sp³-hybridized carbons (Fsp3) is 0.333. The van der Waals surface area contributed by atoms with Crippen molar-refractivity contribution < 1.29 is 14.3 Å². The lowest BCUT2D eigenvalue weighted by molar-refractivity contribution is -0.138. The summed E-state index contributed by atoms with van der Waals surface area (Å²) in [7, 11) is 0. The van der Waals surface area contributed by atoms with Gasteiger partial charge in [-0.1, -0.05) is 11.6 Å². The lowest BCUT2D eigenvalue weighted by Crippen LogP contribution is -2.40. The van der Waals surface area contributed by atoms with Crippen molar-refractivity contribution in [3.63, 3.8) is 0 Å². The molecule has 1 aliphatic heterocycles. The molecule has 0 saturated heterocycles. The summed E-state index contributed by atoms with van der Waals surface area (Å²) in [5, 5.41) is 0.571. The van der Waals surface area contributed by atoms with Crippen LogP contribution in [0.3, 0.4) is 0 Å². The Kier molecular flexibility index (Phi) is 4.85. The van der Waals surface area contributed by atoms with E-state index in [2.05, 4.69) is 0 Å². The van der Waals surface area contributed by atoms with Gasteiger partial charge >= 0.3 is 5.97 Å². The number of hydrogen-bond donors (Lipinski definition) is 1. The smallest absolute Gasteiger partial charge is 0.337 e. The van der Waals surface area contributed by atoms with Crippen LogP contribution in [0.1, 0.15) is 23.7 Å². The summed E-state index contributed by atoms with van der Waals surface area (Å²) < 4.78 is 4.97. The Balaban J connectivity index is 2.14. The van der Waals surface area contributed by atoms with Crippen molar-refractivity contribution in [1.29, 1.82) is 0 Å². The Morgan fingerprint density at radius 1 is 1.33 bits per heavy atom. The number of carbonyl (C=O) groups is 2. The summed E-state index contributed by atoms with van der Waals surface area (Å²) in [4.78, 5) is 25.8. The zero-order valence-corrected chi connectivity index (χ0v) is 12.5. The summed E-state index contributed by atoms with van der Waals surface area (Å²) in [6.45, 7) is 2.66. The molecule has 0 spiro atoms. The summed E-state index contributed by atoms with van der Waals surface area (Å²) in [6.07, 6.45) is 0.466. The first-order valence-electron chi connectivity index (χ1n) is 6.72. The SMILES string of the molecule is CCOC(=O)C1=C(N)CCN(C(=O)c2ccc(Cl)cc2)C1. The monoisotopic (exact) mass is 308 g/mol. The molecule has 2 N–H and O–H groups in total. The Bertz CT molecular complexity index is 581.